The number of aryl methyl sites for hydroxylation is 1. The van der Waals surface area contributed by atoms with Crippen LogP contribution in [-0.2, 0) is 7.05 Å². The molecule has 132 valence electrons. The number of pyridine rings is 1. The SMILES string of the molecule is Cn1ccc([C@@H]2[C@H](c3ccccn3)NC(=S)N2c2cc(Cl)ccc2O)c1. The number of thiocarbonyl (C=S) groups is 1. The van der Waals surface area contributed by atoms with Crippen LogP contribution in [0, 0.1) is 0 Å². The van der Waals surface area contributed by atoms with Crippen molar-refractivity contribution in [2.24, 2.45) is 7.05 Å². The van der Waals surface area contributed by atoms with Crippen molar-refractivity contribution >= 4 is 34.6 Å². The smallest absolute Gasteiger partial charge is 0.174 e. The maximum absolute atomic E-state index is 10.4. The molecule has 1 saturated heterocycles. The van der Waals surface area contributed by atoms with Crippen LogP contribution in [0.4, 0.5) is 5.69 Å². The number of anilines is 1. The highest BCUT2D eigenvalue weighted by atomic mass is 35.5. The van der Waals surface area contributed by atoms with Crippen LogP contribution >= 0.6 is 23.8 Å². The summed E-state index contributed by atoms with van der Waals surface area (Å²) >= 11 is 11.8. The number of hydrogen-bond donors (Lipinski definition) is 2. The van der Waals surface area contributed by atoms with Crippen molar-refractivity contribution in [2.45, 2.75) is 12.1 Å². The summed E-state index contributed by atoms with van der Waals surface area (Å²) < 4.78 is 1.99. The second-order valence-electron chi connectivity index (χ2n) is 6.24. The molecule has 1 fully saturated rings. The molecule has 0 amide bonds. The summed E-state index contributed by atoms with van der Waals surface area (Å²) in [5.41, 5.74) is 2.52. The number of benzene rings is 1. The largest absolute Gasteiger partial charge is 0.506 e. The molecule has 2 atom stereocenters. The lowest BCUT2D eigenvalue weighted by Gasteiger charge is -2.27. The summed E-state index contributed by atoms with van der Waals surface area (Å²) in [5.74, 6) is 0.126. The van der Waals surface area contributed by atoms with Gasteiger partial charge in [-0.05, 0) is 54.2 Å². The molecule has 0 unspecified atom stereocenters. The first-order chi connectivity index (χ1) is 12.5. The molecule has 0 saturated carbocycles. The Bertz CT molecular complexity index is 959. The number of nitrogens with one attached hydrogen (secondary N) is 1. The van der Waals surface area contributed by atoms with E-state index in [1.54, 1.807) is 24.4 Å². The Kier molecular flexibility index (Phi) is 4.30. The first-order valence-corrected chi connectivity index (χ1v) is 8.94. The van der Waals surface area contributed by atoms with E-state index in [0.717, 1.165) is 11.3 Å². The van der Waals surface area contributed by atoms with Gasteiger partial charge in [0, 0.05) is 30.7 Å². The van der Waals surface area contributed by atoms with Crippen LogP contribution in [0.1, 0.15) is 23.3 Å². The maximum atomic E-state index is 10.4. The average Bonchev–Trinajstić information content (AvgIpc) is 3.21. The Morgan fingerprint density at radius 2 is 2.08 bits per heavy atom. The van der Waals surface area contributed by atoms with Crippen LogP contribution in [0.25, 0.3) is 0 Å². The number of aromatic nitrogens is 2. The van der Waals surface area contributed by atoms with Crippen molar-refractivity contribution in [3.63, 3.8) is 0 Å². The van der Waals surface area contributed by atoms with Gasteiger partial charge >= 0.3 is 0 Å². The standard InChI is InChI=1S/C19H17ClN4OS/c1-23-9-7-12(11-23)18-17(14-4-2-3-8-21-14)22-19(26)24(18)15-10-13(20)5-6-16(15)25/h2-11,17-18,25H,1H3,(H,22,26)/t17-,18+/m0/s1. The minimum atomic E-state index is -0.164. The summed E-state index contributed by atoms with van der Waals surface area (Å²) in [7, 11) is 1.97. The highest BCUT2D eigenvalue weighted by Crippen LogP contribution is 2.44. The molecular weight excluding hydrogens is 368 g/mol. The van der Waals surface area contributed by atoms with E-state index in [0.29, 0.717) is 15.8 Å². The second kappa shape index (κ2) is 6.63. The fourth-order valence-corrected chi connectivity index (χ4v) is 3.85. The molecule has 7 heteroatoms. The molecule has 3 heterocycles. The Labute approximate surface area is 161 Å². The number of aromatic hydroxyl groups is 1. The number of nitrogens with zero attached hydrogens (tertiary/aromatic N) is 3. The van der Waals surface area contributed by atoms with Gasteiger partial charge in [0.15, 0.2) is 5.11 Å². The van der Waals surface area contributed by atoms with Gasteiger partial charge in [0.2, 0.25) is 0 Å². The summed E-state index contributed by atoms with van der Waals surface area (Å²) in [6.07, 6.45) is 5.80. The predicted octanol–water partition coefficient (Wildman–Crippen LogP) is 3.96. The van der Waals surface area contributed by atoms with Gasteiger partial charge in [0.25, 0.3) is 0 Å². The third kappa shape index (κ3) is 2.91. The maximum Gasteiger partial charge on any atom is 0.174 e. The first-order valence-electron chi connectivity index (χ1n) is 8.15. The van der Waals surface area contributed by atoms with E-state index < -0.39 is 0 Å². The van der Waals surface area contributed by atoms with E-state index >= 15 is 0 Å². The van der Waals surface area contributed by atoms with Crippen molar-refractivity contribution in [3.8, 4) is 5.75 Å². The topological polar surface area (TPSA) is 53.3 Å². The molecule has 2 aromatic heterocycles. The fourth-order valence-electron chi connectivity index (χ4n) is 3.34. The van der Waals surface area contributed by atoms with Gasteiger partial charge < -0.3 is 19.9 Å². The van der Waals surface area contributed by atoms with E-state index in [4.69, 9.17) is 23.8 Å². The molecule has 2 N–H and O–H groups in total. The zero-order chi connectivity index (χ0) is 18.3. The monoisotopic (exact) mass is 384 g/mol. The van der Waals surface area contributed by atoms with Crippen molar-refractivity contribution in [2.75, 3.05) is 4.90 Å². The molecule has 1 aliphatic heterocycles. The van der Waals surface area contributed by atoms with Crippen molar-refractivity contribution in [1.82, 2.24) is 14.9 Å². The van der Waals surface area contributed by atoms with E-state index in [-0.39, 0.29) is 17.8 Å². The minimum absolute atomic E-state index is 0.126. The van der Waals surface area contributed by atoms with Crippen LogP contribution in [-0.4, -0.2) is 19.8 Å². The predicted molar refractivity (Wildman–Crippen MR) is 106 cm³/mol. The van der Waals surface area contributed by atoms with Crippen molar-refractivity contribution in [1.29, 1.82) is 0 Å². The highest BCUT2D eigenvalue weighted by Gasteiger charge is 2.41. The summed E-state index contributed by atoms with van der Waals surface area (Å²) in [6.45, 7) is 0. The molecule has 5 nitrogen and oxygen atoms in total. The van der Waals surface area contributed by atoms with E-state index in [9.17, 15) is 5.11 Å². The molecule has 0 aliphatic carbocycles. The highest BCUT2D eigenvalue weighted by molar-refractivity contribution is 7.80. The molecular formula is C19H17ClN4OS. The number of phenols is 1. The summed E-state index contributed by atoms with van der Waals surface area (Å²) in [5, 5.41) is 14.8. The van der Waals surface area contributed by atoms with Gasteiger partial charge in [-0.15, -0.1) is 0 Å². The van der Waals surface area contributed by atoms with Crippen LogP contribution < -0.4 is 10.2 Å². The fraction of sp³-hybridized carbons (Fsp3) is 0.158. The number of rotatable bonds is 3. The third-order valence-electron chi connectivity index (χ3n) is 4.49. The first kappa shape index (κ1) is 16.9. The van der Waals surface area contributed by atoms with E-state index in [2.05, 4.69) is 10.3 Å². The molecule has 0 bridgehead atoms. The molecule has 3 aromatic rings. The van der Waals surface area contributed by atoms with Gasteiger partial charge in [0.1, 0.15) is 5.75 Å². The Hall–Kier alpha value is -2.57. The van der Waals surface area contributed by atoms with Crippen LogP contribution in [0.15, 0.2) is 61.1 Å². The zero-order valence-electron chi connectivity index (χ0n) is 14.0. The second-order valence-corrected chi connectivity index (χ2v) is 7.06. The van der Waals surface area contributed by atoms with Gasteiger partial charge in [0.05, 0.1) is 23.5 Å². The summed E-state index contributed by atoms with van der Waals surface area (Å²) in [6, 6.07) is 12.5. The molecule has 4 rings (SSSR count). The molecule has 1 aliphatic rings. The zero-order valence-corrected chi connectivity index (χ0v) is 15.6. The Morgan fingerprint density at radius 1 is 1.23 bits per heavy atom. The van der Waals surface area contributed by atoms with Gasteiger partial charge in [-0.1, -0.05) is 17.7 Å². The lowest BCUT2D eigenvalue weighted by atomic mass is 9.98. The Morgan fingerprint density at radius 3 is 2.77 bits per heavy atom. The van der Waals surface area contributed by atoms with Gasteiger partial charge in [-0.25, -0.2) is 0 Å². The quantitative estimate of drug-likeness (QED) is 0.669. The van der Waals surface area contributed by atoms with E-state index in [1.807, 2.05) is 53.2 Å². The van der Waals surface area contributed by atoms with Gasteiger partial charge in [-0.2, -0.15) is 0 Å². The lowest BCUT2D eigenvalue weighted by molar-refractivity contribution is 0.473. The van der Waals surface area contributed by atoms with Crippen LogP contribution in [0.3, 0.4) is 0 Å². The molecule has 0 radical (unpaired) electrons. The van der Waals surface area contributed by atoms with Gasteiger partial charge in [-0.3, -0.25) is 4.98 Å². The summed E-state index contributed by atoms with van der Waals surface area (Å²) in [4.78, 5) is 6.41. The number of halogens is 1. The normalized spacial score (nSPS) is 19.6. The molecule has 1 aromatic carbocycles. The molecule has 26 heavy (non-hydrogen) atoms. The van der Waals surface area contributed by atoms with E-state index in [1.165, 1.54) is 0 Å². The Balaban J connectivity index is 1.86. The van der Waals surface area contributed by atoms with Crippen molar-refractivity contribution in [3.05, 3.63) is 77.3 Å². The third-order valence-corrected chi connectivity index (χ3v) is 5.04. The molecule has 0 spiro atoms. The van der Waals surface area contributed by atoms with Crippen LogP contribution in [0.2, 0.25) is 5.02 Å². The number of hydrogen-bond acceptors (Lipinski definition) is 3. The number of phenolic OH excluding ortho intramolecular Hbond substituents is 1. The minimum Gasteiger partial charge on any atom is -0.506 e. The lowest BCUT2D eigenvalue weighted by Crippen LogP contribution is -2.29. The van der Waals surface area contributed by atoms with Crippen LogP contribution in [0.5, 0.6) is 5.75 Å². The average molecular weight is 385 g/mol. The van der Waals surface area contributed by atoms with Crippen molar-refractivity contribution < 1.29 is 5.11 Å².